The Morgan fingerprint density at radius 2 is 2.00 bits per heavy atom. The van der Waals surface area contributed by atoms with E-state index in [-0.39, 0.29) is 66.7 Å². The fourth-order valence-electron chi connectivity index (χ4n) is 0.592. The normalized spacial score (nSPS) is 11.8. The van der Waals surface area contributed by atoms with Crippen LogP contribution >= 0.6 is 12.2 Å². The summed E-state index contributed by atoms with van der Waals surface area (Å²) in [4.78, 5) is 0. The molecule has 54 valence electrons. The Bertz CT molecular complexity index is 97.7. The number of thiocarbonyl (C=S) groups is 1. The zero-order valence-corrected chi connectivity index (χ0v) is 11.6. The minimum atomic E-state index is -0.107. The van der Waals surface area contributed by atoms with E-state index in [9.17, 15) is 5.11 Å². The van der Waals surface area contributed by atoms with Gasteiger partial charge in [0, 0.05) is 10.9 Å². The number of rotatable bonds is 3. The molecular weight excluding hydrogens is 191 g/mol. The summed E-state index contributed by atoms with van der Waals surface area (Å²) >= 11 is 4.54. The van der Waals surface area contributed by atoms with E-state index < -0.39 is 0 Å². The average molecular weight is 203 g/mol. The smallest absolute Gasteiger partial charge is 0.827 e. The van der Waals surface area contributed by atoms with Crippen LogP contribution in [-0.2, 0) is 10.9 Å². The Kier molecular flexibility index (Phi) is 12.9. The van der Waals surface area contributed by atoms with Crippen LogP contribution in [0.4, 0.5) is 0 Å². The fraction of sp³-hybridized carbons (Fsp3) is 0.833. The maximum absolute atomic E-state index is 10.6. The molecule has 0 aliphatic carbocycles. The van der Waals surface area contributed by atoms with Crippen LogP contribution in [0, 0.1) is 0 Å². The molecule has 0 spiro atoms. The first-order valence-electron chi connectivity index (χ1n) is 3.10. The minimum Gasteiger partial charge on any atom is -0.827 e. The van der Waals surface area contributed by atoms with Crippen molar-refractivity contribution in [2.75, 3.05) is 11.5 Å². The van der Waals surface area contributed by atoms with Crippen molar-refractivity contribution in [2.45, 2.75) is 20.3 Å². The molecule has 10 heavy (non-hydrogen) atoms. The van der Waals surface area contributed by atoms with Crippen molar-refractivity contribution in [2.24, 2.45) is 0 Å². The molecule has 0 aliphatic heterocycles. The minimum absolute atomic E-state index is 0. The van der Waals surface area contributed by atoms with Gasteiger partial charge in [0.25, 0.3) is 0 Å². The maximum Gasteiger partial charge on any atom is 1.00 e. The molecule has 0 aromatic heterocycles. The molecule has 0 radical (unpaired) electrons. The van der Waals surface area contributed by atoms with Crippen LogP contribution in [0.2, 0.25) is 0 Å². The first-order valence-corrected chi connectivity index (χ1v) is 5.08. The van der Waals surface area contributed by atoms with Gasteiger partial charge >= 0.3 is 51.4 Å². The van der Waals surface area contributed by atoms with Gasteiger partial charge in [-0.2, -0.15) is 0 Å². The molecule has 1 atom stereocenters. The van der Waals surface area contributed by atoms with Crippen molar-refractivity contribution in [3.05, 3.63) is 0 Å². The van der Waals surface area contributed by atoms with Gasteiger partial charge in [-0.3, -0.25) is 0 Å². The second-order valence-corrected chi connectivity index (χ2v) is 4.71. The van der Waals surface area contributed by atoms with Crippen molar-refractivity contribution in [3.8, 4) is 0 Å². The van der Waals surface area contributed by atoms with E-state index in [4.69, 9.17) is 0 Å². The Hall–Kier alpha value is 1.88. The molecule has 0 N–H and O–H groups in total. The molecule has 0 amide bonds. The van der Waals surface area contributed by atoms with Gasteiger partial charge < -0.3 is 5.11 Å². The van der Waals surface area contributed by atoms with Crippen molar-refractivity contribution < 1.29 is 56.5 Å². The van der Waals surface area contributed by atoms with E-state index in [0.29, 0.717) is 0 Å². The molecule has 4 heteroatoms. The van der Waals surface area contributed by atoms with E-state index in [1.165, 1.54) is 0 Å². The van der Waals surface area contributed by atoms with Gasteiger partial charge in [-0.05, 0) is 25.6 Å². The molecule has 0 aliphatic rings. The molecule has 0 saturated carbocycles. The molecule has 0 saturated heterocycles. The summed E-state index contributed by atoms with van der Waals surface area (Å²) in [5.41, 5.74) is 0. The second kappa shape index (κ2) is 8.97. The predicted molar refractivity (Wildman–Crippen MR) is 45.7 cm³/mol. The van der Waals surface area contributed by atoms with E-state index in [1.807, 2.05) is 6.92 Å². The Morgan fingerprint density at radius 3 is 2.10 bits per heavy atom. The van der Waals surface area contributed by atoms with Crippen molar-refractivity contribution >= 4 is 27.5 Å². The van der Waals surface area contributed by atoms with Gasteiger partial charge in [0.15, 0.2) is 4.38 Å². The van der Waals surface area contributed by atoms with Gasteiger partial charge in [0.1, 0.15) is 11.5 Å². The first kappa shape index (κ1) is 14.4. The van der Waals surface area contributed by atoms with Crippen LogP contribution in [0.25, 0.3) is 0 Å². The molecule has 0 heterocycles. The van der Waals surface area contributed by atoms with E-state index >= 15 is 0 Å². The standard InChI is InChI=1S/C6H12OS2.K/c1-3-5-9(4-2)6(7)8;/h3-5H2,1-2H3;/q;+1. The molecule has 1 unspecified atom stereocenters. The summed E-state index contributed by atoms with van der Waals surface area (Å²) in [5.74, 6) is 1.91. The largest absolute Gasteiger partial charge is 1.00 e. The van der Waals surface area contributed by atoms with Gasteiger partial charge in [-0.1, -0.05) is 6.92 Å². The van der Waals surface area contributed by atoms with Gasteiger partial charge in [-0.25, -0.2) is 0 Å². The van der Waals surface area contributed by atoms with Crippen molar-refractivity contribution in [1.29, 1.82) is 0 Å². The number of hydrogen-bond acceptors (Lipinski definition) is 2. The zero-order chi connectivity index (χ0) is 7.28. The Morgan fingerprint density at radius 1 is 1.50 bits per heavy atom. The van der Waals surface area contributed by atoms with Crippen molar-refractivity contribution in [3.63, 3.8) is 0 Å². The molecule has 0 bridgehead atoms. The monoisotopic (exact) mass is 203 g/mol. The number of hydrogen-bond donors (Lipinski definition) is 0. The molecule has 0 aromatic rings. The summed E-state index contributed by atoms with van der Waals surface area (Å²) in [6.07, 6.45) is 1.07. The van der Waals surface area contributed by atoms with Crippen LogP contribution in [0.3, 0.4) is 0 Å². The predicted octanol–water partition coefficient (Wildman–Crippen LogP) is -2.32. The quantitative estimate of drug-likeness (QED) is 0.292. The van der Waals surface area contributed by atoms with Crippen molar-refractivity contribution in [1.82, 2.24) is 0 Å². The van der Waals surface area contributed by atoms with Crippen LogP contribution in [-0.4, -0.2) is 15.9 Å². The SMILES string of the molecule is CCC[S+](CC)C([O-])=S.[K+]. The third-order valence-corrected chi connectivity index (χ3v) is 3.81. The summed E-state index contributed by atoms with van der Waals surface area (Å²) in [6, 6.07) is 0. The third kappa shape index (κ3) is 6.58. The molecular formula is C6H12KOS2+. The Labute approximate surface area is 114 Å². The van der Waals surface area contributed by atoms with Crippen LogP contribution in [0.5, 0.6) is 0 Å². The van der Waals surface area contributed by atoms with Gasteiger partial charge in [0.05, 0.1) is 0 Å². The summed E-state index contributed by atoms with van der Waals surface area (Å²) in [5, 5.41) is 10.6. The summed E-state index contributed by atoms with van der Waals surface area (Å²) in [7, 11) is -0.107. The maximum atomic E-state index is 10.6. The third-order valence-electron chi connectivity index (χ3n) is 1.03. The summed E-state index contributed by atoms with van der Waals surface area (Å²) < 4.78 is -0.0423. The van der Waals surface area contributed by atoms with Crippen LogP contribution in [0.15, 0.2) is 0 Å². The Balaban J connectivity index is 0. The van der Waals surface area contributed by atoms with Gasteiger partial charge in [-0.15, -0.1) is 0 Å². The summed E-state index contributed by atoms with van der Waals surface area (Å²) in [6.45, 7) is 4.09. The van der Waals surface area contributed by atoms with E-state index in [2.05, 4.69) is 19.1 Å². The molecule has 0 fully saturated rings. The molecule has 0 aromatic carbocycles. The van der Waals surface area contributed by atoms with Crippen LogP contribution in [0.1, 0.15) is 20.3 Å². The zero-order valence-electron chi connectivity index (χ0n) is 6.85. The average Bonchev–Trinajstić information content (AvgIpc) is 1.82. The van der Waals surface area contributed by atoms with E-state index in [1.54, 1.807) is 0 Å². The molecule has 1 nitrogen and oxygen atoms in total. The first-order chi connectivity index (χ1) is 4.22. The van der Waals surface area contributed by atoms with E-state index in [0.717, 1.165) is 17.9 Å². The fourth-order valence-corrected chi connectivity index (χ4v) is 2.38. The second-order valence-electron chi connectivity index (χ2n) is 1.74. The topological polar surface area (TPSA) is 23.1 Å². The molecule has 0 rings (SSSR count). The van der Waals surface area contributed by atoms with Crippen LogP contribution < -0.4 is 56.5 Å². The van der Waals surface area contributed by atoms with Gasteiger partial charge in [0.2, 0.25) is 0 Å².